The summed E-state index contributed by atoms with van der Waals surface area (Å²) in [7, 11) is 1.92. The first-order valence-corrected chi connectivity index (χ1v) is 7.78. The third kappa shape index (κ3) is 4.89. The zero-order valence-electron chi connectivity index (χ0n) is 13.8. The van der Waals surface area contributed by atoms with Gasteiger partial charge in [0, 0.05) is 12.2 Å². The van der Waals surface area contributed by atoms with Crippen molar-refractivity contribution in [3.63, 3.8) is 0 Å². The third-order valence-electron chi connectivity index (χ3n) is 4.11. The molecule has 2 rings (SSSR count). The highest BCUT2D eigenvalue weighted by molar-refractivity contribution is 5.95. The van der Waals surface area contributed by atoms with E-state index in [-0.39, 0.29) is 17.8 Å². The van der Waals surface area contributed by atoms with Gasteiger partial charge in [0.15, 0.2) is 0 Å². The van der Waals surface area contributed by atoms with Gasteiger partial charge in [-0.15, -0.1) is 0 Å². The second kappa shape index (κ2) is 7.88. The standard InChI is InChI=1S/C19H23FN2O/c1-14-6-4-5-7-18(14)21-19(23)15(2)22(3)13-12-16-8-10-17(20)11-9-16/h4-11,15H,12-13H2,1-3H3,(H,21,23). The summed E-state index contributed by atoms with van der Waals surface area (Å²) in [6, 6.07) is 14.0. The Morgan fingerprint density at radius 3 is 2.48 bits per heavy atom. The lowest BCUT2D eigenvalue weighted by atomic mass is 10.1. The summed E-state index contributed by atoms with van der Waals surface area (Å²) in [6.45, 7) is 4.59. The smallest absolute Gasteiger partial charge is 0.241 e. The lowest BCUT2D eigenvalue weighted by Crippen LogP contribution is -2.40. The molecule has 1 unspecified atom stereocenters. The number of amides is 1. The van der Waals surface area contributed by atoms with Crippen LogP contribution in [0.25, 0.3) is 0 Å². The van der Waals surface area contributed by atoms with E-state index in [0.29, 0.717) is 0 Å². The Morgan fingerprint density at radius 2 is 1.83 bits per heavy atom. The zero-order valence-corrected chi connectivity index (χ0v) is 13.8. The number of para-hydroxylation sites is 1. The second-order valence-corrected chi connectivity index (χ2v) is 5.84. The molecule has 3 nitrogen and oxygen atoms in total. The molecular formula is C19H23FN2O. The van der Waals surface area contributed by atoms with E-state index in [0.717, 1.165) is 29.8 Å². The monoisotopic (exact) mass is 314 g/mol. The Balaban J connectivity index is 1.88. The van der Waals surface area contributed by atoms with E-state index in [2.05, 4.69) is 5.32 Å². The predicted octanol–water partition coefficient (Wildman–Crippen LogP) is 3.64. The first-order chi connectivity index (χ1) is 11.0. The molecule has 23 heavy (non-hydrogen) atoms. The van der Waals surface area contributed by atoms with Gasteiger partial charge in [0.1, 0.15) is 5.82 Å². The molecule has 0 fully saturated rings. The molecule has 1 amide bonds. The number of hydrogen-bond acceptors (Lipinski definition) is 2. The molecule has 0 aromatic heterocycles. The normalized spacial score (nSPS) is 12.2. The van der Waals surface area contributed by atoms with Crippen LogP contribution in [0.4, 0.5) is 10.1 Å². The van der Waals surface area contributed by atoms with Gasteiger partial charge >= 0.3 is 0 Å². The zero-order chi connectivity index (χ0) is 16.8. The van der Waals surface area contributed by atoms with E-state index in [1.165, 1.54) is 12.1 Å². The average Bonchev–Trinajstić information content (AvgIpc) is 2.55. The molecule has 0 aliphatic rings. The number of carbonyl (C=O) groups is 1. The largest absolute Gasteiger partial charge is 0.324 e. The number of carbonyl (C=O) groups excluding carboxylic acids is 1. The van der Waals surface area contributed by atoms with Gasteiger partial charge in [0.05, 0.1) is 6.04 Å². The van der Waals surface area contributed by atoms with Gasteiger partial charge in [-0.2, -0.15) is 0 Å². The van der Waals surface area contributed by atoms with E-state index in [9.17, 15) is 9.18 Å². The fraction of sp³-hybridized carbons (Fsp3) is 0.316. The SMILES string of the molecule is Cc1ccccc1NC(=O)C(C)N(C)CCc1ccc(F)cc1. The van der Waals surface area contributed by atoms with Crippen molar-refractivity contribution in [1.82, 2.24) is 4.90 Å². The van der Waals surface area contributed by atoms with Crippen LogP contribution in [0, 0.1) is 12.7 Å². The molecule has 0 aliphatic carbocycles. The van der Waals surface area contributed by atoms with Crippen LogP contribution in [0.15, 0.2) is 48.5 Å². The van der Waals surface area contributed by atoms with Crippen molar-refractivity contribution in [2.24, 2.45) is 0 Å². The molecule has 2 aromatic carbocycles. The van der Waals surface area contributed by atoms with Crippen molar-refractivity contribution in [3.8, 4) is 0 Å². The van der Waals surface area contributed by atoms with Crippen molar-refractivity contribution in [1.29, 1.82) is 0 Å². The summed E-state index contributed by atoms with van der Waals surface area (Å²) in [5, 5.41) is 2.97. The maximum atomic E-state index is 12.9. The van der Waals surface area contributed by atoms with Crippen LogP contribution in [0.5, 0.6) is 0 Å². The number of benzene rings is 2. The Bertz CT molecular complexity index is 655. The number of hydrogen-bond donors (Lipinski definition) is 1. The molecule has 122 valence electrons. The minimum absolute atomic E-state index is 0.0269. The second-order valence-electron chi connectivity index (χ2n) is 5.84. The molecule has 0 saturated carbocycles. The van der Waals surface area contributed by atoms with Crippen LogP contribution in [0.1, 0.15) is 18.1 Å². The van der Waals surface area contributed by atoms with Gasteiger partial charge < -0.3 is 5.32 Å². The van der Waals surface area contributed by atoms with Gasteiger partial charge in [0.25, 0.3) is 0 Å². The third-order valence-corrected chi connectivity index (χ3v) is 4.11. The number of nitrogens with zero attached hydrogens (tertiary/aromatic N) is 1. The average molecular weight is 314 g/mol. The van der Waals surface area contributed by atoms with Gasteiger partial charge in [0.2, 0.25) is 5.91 Å². The highest BCUT2D eigenvalue weighted by Crippen LogP contribution is 2.14. The Labute approximate surface area is 137 Å². The van der Waals surface area contributed by atoms with E-state index >= 15 is 0 Å². The van der Waals surface area contributed by atoms with E-state index < -0.39 is 0 Å². The summed E-state index contributed by atoms with van der Waals surface area (Å²) >= 11 is 0. The first kappa shape index (κ1) is 17.2. The molecule has 0 spiro atoms. The van der Waals surface area contributed by atoms with Crippen LogP contribution in [-0.4, -0.2) is 30.4 Å². The topological polar surface area (TPSA) is 32.3 Å². The van der Waals surface area contributed by atoms with E-state index in [1.807, 2.05) is 50.1 Å². The summed E-state index contributed by atoms with van der Waals surface area (Å²) in [6.07, 6.45) is 0.777. The Hall–Kier alpha value is -2.20. The summed E-state index contributed by atoms with van der Waals surface area (Å²) in [5.74, 6) is -0.256. The van der Waals surface area contributed by atoms with Gasteiger partial charge in [-0.25, -0.2) is 4.39 Å². The summed E-state index contributed by atoms with van der Waals surface area (Å²) in [4.78, 5) is 14.4. The molecule has 1 N–H and O–H groups in total. The van der Waals surface area contributed by atoms with Gasteiger partial charge in [-0.3, -0.25) is 9.69 Å². The van der Waals surface area contributed by atoms with Crippen LogP contribution in [-0.2, 0) is 11.2 Å². The number of likely N-dealkylation sites (N-methyl/N-ethyl adjacent to an activating group) is 1. The minimum atomic E-state index is -0.241. The number of rotatable bonds is 6. The number of halogens is 1. The fourth-order valence-corrected chi connectivity index (χ4v) is 2.30. The number of aryl methyl sites for hydroxylation is 1. The molecule has 1 atom stereocenters. The summed E-state index contributed by atoms with van der Waals surface area (Å²) in [5.41, 5.74) is 2.95. The Morgan fingerprint density at radius 1 is 1.17 bits per heavy atom. The molecule has 0 heterocycles. The molecule has 0 aliphatic heterocycles. The van der Waals surface area contributed by atoms with Crippen molar-refractivity contribution in [2.75, 3.05) is 18.9 Å². The number of nitrogens with one attached hydrogen (secondary N) is 1. The molecule has 2 aromatic rings. The van der Waals surface area contributed by atoms with Crippen LogP contribution >= 0.6 is 0 Å². The molecule has 0 saturated heterocycles. The molecule has 0 bridgehead atoms. The molecule has 0 radical (unpaired) electrons. The van der Waals surface area contributed by atoms with Crippen molar-refractivity contribution in [3.05, 3.63) is 65.5 Å². The number of anilines is 1. The predicted molar refractivity (Wildman–Crippen MR) is 92.0 cm³/mol. The van der Waals surface area contributed by atoms with Crippen molar-refractivity contribution >= 4 is 11.6 Å². The van der Waals surface area contributed by atoms with Crippen LogP contribution < -0.4 is 5.32 Å². The maximum absolute atomic E-state index is 12.9. The maximum Gasteiger partial charge on any atom is 0.241 e. The van der Waals surface area contributed by atoms with Crippen molar-refractivity contribution < 1.29 is 9.18 Å². The van der Waals surface area contributed by atoms with Gasteiger partial charge in [-0.1, -0.05) is 30.3 Å². The van der Waals surface area contributed by atoms with Gasteiger partial charge in [-0.05, 0) is 56.6 Å². The minimum Gasteiger partial charge on any atom is -0.324 e. The van der Waals surface area contributed by atoms with Crippen LogP contribution in [0.2, 0.25) is 0 Å². The highest BCUT2D eigenvalue weighted by atomic mass is 19.1. The van der Waals surface area contributed by atoms with E-state index in [4.69, 9.17) is 0 Å². The van der Waals surface area contributed by atoms with Crippen LogP contribution in [0.3, 0.4) is 0 Å². The van der Waals surface area contributed by atoms with E-state index in [1.54, 1.807) is 12.1 Å². The molecular weight excluding hydrogens is 291 g/mol. The lowest BCUT2D eigenvalue weighted by molar-refractivity contribution is -0.120. The summed E-state index contributed by atoms with van der Waals surface area (Å²) < 4.78 is 12.9. The lowest BCUT2D eigenvalue weighted by Gasteiger charge is -2.24. The van der Waals surface area contributed by atoms with Crippen molar-refractivity contribution in [2.45, 2.75) is 26.3 Å². The quantitative estimate of drug-likeness (QED) is 0.883. The fourth-order valence-electron chi connectivity index (χ4n) is 2.30. The molecule has 4 heteroatoms. The first-order valence-electron chi connectivity index (χ1n) is 7.78. The highest BCUT2D eigenvalue weighted by Gasteiger charge is 2.18. The Kier molecular flexibility index (Phi) is 5.88.